The van der Waals surface area contributed by atoms with Crippen LogP contribution in [0.4, 0.5) is 0 Å². The van der Waals surface area contributed by atoms with Crippen LogP contribution in [-0.4, -0.2) is 36.4 Å². The van der Waals surface area contributed by atoms with E-state index in [9.17, 15) is 14.4 Å². The highest BCUT2D eigenvalue weighted by Crippen LogP contribution is 2.12. The Kier molecular flexibility index (Phi) is 4.50. The summed E-state index contributed by atoms with van der Waals surface area (Å²) in [7, 11) is 1.46. The number of nitrogens with one attached hydrogen (secondary N) is 2. The van der Waals surface area contributed by atoms with Gasteiger partial charge in [0.15, 0.2) is 5.69 Å². The number of hydrazine groups is 1. The van der Waals surface area contributed by atoms with E-state index < -0.39 is 11.8 Å². The Balaban J connectivity index is 1.69. The molecule has 0 radical (unpaired) electrons. The van der Waals surface area contributed by atoms with Crippen molar-refractivity contribution in [2.45, 2.75) is 13.0 Å². The smallest absolute Gasteiger partial charge is 0.273 e. The first kappa shape index (κ1) is 16.3. The minimum Gasteiger partial charge on any atom is -0.273 e. The van der Waals surface area contributed by atoms with Crippen LogP contribution in [0, 0.1) is 0 Å². The van der Waals surface area contributed by atoms with Crippen LogP contribution < -0.4 is 16.4 Å². The van der Waals surface area contributed by atoms with Crippen molar-refractivity contribution in [3.05, 3.63) is 53.0 Å². The summed E-state index contributed by atoms with van der Waals surface area (Å²) in [5.74, 6) is -1.00. The van der Waals surface area contributed by atoms with E-state index in [0.29, 0.717) is 17.3 Å². The predicted octanol–water partition coefficient (Wildman–Crippen LogP) is -0.624. The molecule has 128 valence electrons. The van der Waals surface area contributed by atoms with Gasteiger partial charge in [0.1, 0.15) is 12.7 Å². The standard InChI is InChI=1S/C15H15N7O3/c1-21-15(25)11-5-3-2-4-10(11)13(20-21)14(24)19-18-12(23)6-7-22-9-16-8-17-22/h2-5,8-9H,6-7H2,1H3,(H,18,23)(H,19,24). The van der Waals surface area contributed by atoms with E-state index in [4.69, 9.17) is 0 Å². The molecule has 0 saturated carbocycles. The number of carbonyl (C=O) groups excluding carboxylic acids is 2. The number of nitrogens with zero attached hydrogens (tertiary/aromatic N) is 5. The van der Waals surface area contributed by atoms with Crippen LogP contribution in [0.25, 0.3) is 10.8 Å². The topological polar surface area (TPSA) is 124 Å². The number of carbonyl (C=O) groups is 2. The molecule has 10 heteroatoms. The number of hydrogen-bond donors (Lipinski definition) is 2. The lowest BCUT2D eigenvalue weighted by Crippen LogP contribution is -2.43. The van der Waals surface area contributed by atoms with E-state index in [1.807, 2.05) is 0 Å². The third-order valence-electron chi connectivity index (χ3n) is 3.52. The van der Waals surface area contributed by atoms with Crippen molar-refractivity contribution < 1.29 is 9.59 Å². The summed E-state index contributed by atoms with van der Waals surface area (Å²) < 4.78 is 2.59. The maximum absolute atomic E-state index is 12.3. The van der Waals surface area contributed by atoms with Crippen LogP contribution in [0.1, 0.15) is 16.9 Å². The number of aromatic nitrogens is 5. The Labute approximate surface area is 141 Å². The first-order valence-electron chi connectivity index (χ1n) is 7.44. The van der Waals surface area contributed by atoms with Crippen molar-refractivity contribution in [2.24, 2.45) is 7.05 Å². The molecule has 2 N–H and O–H groups in total. The lowest BCUT2D eigenvalue weighted by Gasteiger charge is -2.10. The molecule has 2 heterocycles. The fraction of sp³-hybridized carbons (Fsp3) is 0.200. The van der Waals surface area contributed by atoms with Gasteiger partial charge in [-0.3, -0.25) is 29.9 Å². The van der Waals surface area contributed by atoms with Crippen molar-refractivity contribution in [1.82, 2.24) is 35.4 Å². The van der Waals surface area contributed by atoms with Crippen LogP contribution >= 0.6 is 0 Å². The lowest BCUT2D eigenvalue weighted by molar-refractivity contribution is -0.122. The highest BCUT2D eigenvalue weighted by Gasteiger charge is 2.16. The summed E-state index contributed by atoms with van der Waals surface area (Å²) in [5.41, 5.74) is 4.37. The van der Waals surface area contributed by atoms with Gasteiger partial charge >= 0.3 is 0 Å². The molecule has 2 aromatic heterocycles. The van der Waals surface area contributed by atoms with E-state index in [1.165, 1.54) is 24.4 Å². The molecule has 2 amide bonds. The molecule has 0 spiro atoms. The molecule has 0 fully saturated rings. The second-order valence-corrected chi connectivity index (χ2v) is 5.23. The van der Waals surface area contributed by atoms with E-state index in [1.54, 1.807) is 24.3 Å². The quantitative estimate of drug-likeness (QED) is 0.609. The van der Waals surface area contributed by atoms with Crippen LogP contribution in [0.15, 0.2) is 41.7 Å². The van der Waals surface area contributed by atoms with Gasteiger partial charge in [-0.25, -0.2) is 9.67 Å². The number of benzene rings is 1. The molecular formula is C15H15N7O3. The van der Waals surface area contributed by atoms with Crippen LogP contribution in [-0.2, 0) is 18.4 Å². The minimum absolute atomic E-state index is 0.0503. The summed E-state index contributed by atoms with van der Waals surface area (Å²) in [5, 5.41) is 8.66. The largest absolute Gasteiger partial charge is 0.290 e. The van der Waals surface area contributed by atoms with Gasteiger partial charge in [-0.05, 0) is 6.07 Å². The first-order valence-corrected chi connectivity index (χ1v) is 7.44. The van der Waals surface area contributed by atoms with E-state index in [2.05, 4.69) is 26.0 Å². The molecule has 0 bridgehead atoms. The SMILES string of the molecule is Cn1nc(C(=O)NNC(=O)CCn2cncn2)c2ccccc2c1=O. The van der Waals surface area contributed by atoms with Crippen molar-refractivity contribution in [1.29, 1.82) is 0 Å². The van der Waals surface area contributed by atoms with Crippen molar-refractivity contribution in [3.63, 3.8) is 0 Å². The maximum Gasteiger partial charge on any atom is 0.290 e. The monoisotopic (exact) mass is 341 g/mol. The number of aryl methyl sites for hydroxylation is 2. The Bertz CT molecular complexity index is 978. The molecule has 0 atom stereocenters. The predicted molar refractivity (Wildman–Crippen MR) is 87.2 cm³/mol. The second-order valence-electron chi connectivity index (χ2n) is 5.23. The van der Waals surface area contributed by atoms with Gasteiger partial charge in [0.05, 0.1) is 11.9 Å². The number of amides is 2. The fourth-order valence-corrected chi connectivity index (χ4v) is 2.28. The molecule has 0 aliphatic rings. The molecule has 3 aromatic rings. The highest BCUT2D eigenvalue weighted by atomic mass is 16.2. The second kappa shape index (κ2) is 6.91. The maximum atomic E-state index is 12.3. The molecule has 0 aliphatic heterocycles. The molecule has 0 aliphatic carbocycles. The van der Waals surface area contributed by atoms with Gasteiger partial charge in [-0.1, -0.05) is 18.2 Å². The van der Waals surface area contributed by atoms with E-state index >= 15 is 0 Å². The number of fused-ring (bicyclic) bond motifs is 1. The van der Waals surface area contributed by atoms with E-state index in [0.717, 1.165) is 4.68 Å². The van der Waals surface area contributed by atoms with Crippen LogP contribution in [0.5, 0.6) is 0 Å². The molecule has 1 aromatic carbocycles. The van der Waals surface area contributed by atoms with Gasteiger partial charge in [-0.15, -0.1) is 0 Å². The molecule has 25 heavy (non-hydrogen) atoms. The zero-order valence-electron chi connectivity index (χ0n) is 13.3. The average Bonchev–Trinajstić information content (AvgIpc) is 3.14. The van der Waals surface area contributed by atoms with Gasteiger partial charge < -0.3 is 0 Å². The Morgan fingerprint density at radius 1 is 1.16 bits per heavy atom. The molecule has 3 rings (SSSR count). The highest BCUT2D eigenvalue weighted by molar-refractivity contribution is 6.05. The third kappa shape index (κ3) is 3.52. The molecule has 0 unspecified atom stereocenters. The normalized spacial score (nSPS) is 10.6. The van der Waals surface area contributed by atoms with Crippen LogP contribution in [0.2, 0.25) is 0 Å². The third-order valence-corrected chi connectivity index (χ3v) is 3.52. The van der Waals surface area contributed by atoms with E-state index in [-0.39, 0.29) is 17.7 Å². The minimum atomic E-state index is -0.610. The lowest BCUT2D eigenvalue weighted by atomic mass is 10.1. The average molecular weight is 341 g/mol. The Morgan fingerprint density at radius 3 is 2.64 bits per heavy atom. The molecule has 0 saturated heterocycles. The zero-order valence-corrected chi connectivity index (χ0v) is 13.3. The summed E-state index contributed by atoms with van der Waals surface area (Å²) >= 11 is 0. The summed E-state index contributed by atoms with van der Waals surface area (Å²) in [4.78, 5) is 39.9. The zero-order chi connectivity index (χ0) is 17.8. The van der Waals surface area contributed by atoms with Gasteiger partial charge in [-0.2, -0.15) is 10.2 Å². The summed E-state index contributed by atoms with van der Waals surface area (Å²) in [6, 6.07) is 6.66. The first-order chi connectivity index (χ1) is 12.1. The fourth-order valence-electron chi connectivity index (χ4n) is 2.28. The number of rotatable bonds is 4. The van der Waals surface area contributed by atoms with Crippen molar-refractivity contribution in [3.8, 4) is 0 Å². The van der Waals surface area contributed by atoms with Crippen LogP contribution in [0.3, 0.4) is 0 Å². The Morgan fingerprint density at radius 2 is 1.92 bits per heavy atom. The van der Waals surface area contributed by atoms with Gasteiger partial charge in [0, 0.05) is 18.9 Å². The molecular weight excluding hydrogens is 326 g/mol. The van der Waals surface area contributed by atoms with Gasteiger partial charge in [0.25, 0.3) is 11.5 Å². The summed E-state index contributed by atoms with van der Waals surface area (Å²) in [6.07, 6.45) is 2.98. The van der Waals surface area contributed by atoms with Gasteiger partial charge in [0.2, 0.25) is 5.91 Å². The van der Waals surface area contributed by atoms with Crippen molar-refractivity contribution in [2.75, 3.05) is 0 Å². The molecule has 10 nitrogen and oxygen atoms in total. The van der Waals surface area contributed by atoms with Crippen molar-refractivity contribution >= 4 is 22.6 Å². The Hall–Kier alpha value is -3.56. The number of hydrogen-bond acceptors (Lipinski definition) is 6. The summed E-state index contributed by atoms with van der Waals surface area (Å²) in [6.45, 7) is 0.336.